The number of carbonyl (C=O) groups excluding carboxylic acids is 1. The molecule has 0 aromatic heterocycles. The van der Waals surface area contributed by atoms with Crippen LogP contribution in [0.4, 0.5) is 0 Å². The third kappa shape index (κ3) is 5.93. The molecule has 186 valence electrons. The van der Waals surface area contributed by atoms with E-state index in [1.807, 2.05) is 29.2 Å². The van der Waals surface area contributed by atoms with Gasteiger partial charge in [-0.1, -0.05) is 6.07 Å². The molecule has 0 aliphatic carbocycles. The highest BCUT2D eigenvalue weighted by atomic mass is 16.5. The lowest BCUT2D eigenvalue weighted by Gasteiger charge is -2.24. The Bertz CT molecular complexity index is 981. The molecule has 2 N–H and O–H groups in total. The van der Waals surface area contributed by atoms with E-state index in [2.05, 4.69) is 18.0 Å². The zero-order chi connectivity index (χ0) is 24.7. The van der Waals surface area contributed by atoms with Crippen LogP contribution in [0, 0.1) is 0 Å². The molecular weight excluding hydrogens is 434 g/mol. The molecule has 0 spiro atoms. The first-order chi connectivity index (χ1) is 16.4. The summed E-state index contributed by atoms with van der Waals surface area (Å²) >= 11 is 0. The number of hydrogen-bond donors (Lipinski definition) is 1. The van der Waals surface area contributed by atoms with Crippen molar-refractivity contribution in [1.82, 2.24) is 9.80 Å². The fourth-order valence-electron chi connectivity index (χ4n) is 4.36. The largest absolute Gasteiger partial charge is 0.493 e. The minimum absolute atomic E-state index is 0.0426. The number of benzene rings is 2. The van der Waals surface area contributed by atoms with Crippen molar-refractivity contribution in [3.63, 3.8) is 0 Å². The highest BCUT2D eigenvalue weighted by molar-refractivity contribution is 5.84. The monoisotopic (exact) mass is 471 g/mol. The van der Waals surface area contributed by atoms with Gasteiger partial charge in [0, 0.05) is 19.6 Å². The van der Waals surface area contributed by atoms with E-state index in [1.165, 1.54) is 5.56 Å². The molecule has 34 heavy (non-hydrogen) atoms. The van der Waals surface area contributed by atoms with E-state index in [4.69, 9.17) is 24.7 Å². The lowest BCUT2D eigenvalue weighted by atomic mass is 9.98. The number of methoxy groups -OCH3 is 4. The predicted molar refractivity (Wildman–Crippen MR) is 132 cm³/mol. The Morgan fingerprint density at radius 2 is 1.59 bits per heavy atom. The summed E-state index contributed by atoms with van der Waals surface area (Å²) in [5.74, 6) is 2.69. The van der Waals surface area contributed by atoms with Gasteiger partial charge in [0.2, 0.25) is 5.91 Å². The third-order valence-corrected chi connectivity index (χ3v) is 6.41. The zero-order valence-electron chi connectivity index (χ0n) is 20.9. The Morgan fingerprint density at radius 1 is 0.941 bits per heavy atom. The molecule has 0 fully saturated rings. The van der Waals surface area contributed by atoms with Crippen molar-refractivity contribution in [2.24, 2.45) is 5.73 Å². The van der Waals surface area contributed by atoms with Crippen LogP contribution in [-0.2, 0) is 17.6 Å². The SMILES string of the molecule is COc1ccc(CCN(C)CCCN2CCc3cc(OC)c(OC)cc3C(N)C2=O)cc1OC. The van der Waals surface area contributed by atoms with Gasteiger partial charge in [0.05, 0.1) is 28.4 Å². The summed E-state index contributed by atoms with van der Waals surface area (Å²) in [6.07, 6.45) is 2.53. The minimum Gasteiger partial charge on any atom is -0.493 e. The summed E-state index contributed by atoms with van der Waals surface area (Å²) in [6, 6.07) is 9.10. The average molecular weight is 472 g/mol. The van der Waals surface area contributed by atoms with E-state index < -0.39 is 6.04 Å². The summed E-state index contributed by atoms with van der Waals surface area (Å²) in [5, 5.41) is 0. The van der Waals surface area contributed by atoms with Crippen molar-refractivity contribution in [2.75, 3.05) is 61.7 Å². The van der Waals surface area contributed by atoms with E-state index in [0.717, 1.165) is 55.0 Å². The molecule has 8 nitrogen and oxygen atoms in total. The standard InChI is InChI=1S/C26H37N3O5/c1-28(13-9-18-7-8-21(31-2)22(15-18)32-3)11-6-12-29-14-10-19-16-23(33-4)24(34-5)17-20(19)25(27)26(29)30/h7-8,15-17,25H,6,9-14,27H2,1-5H3. The molecule has 1 unspecified atom stereocenters. The molecule has 2 aromatic carbocycles. The second-order valence-corrected chi connectivity index (χ2v) is 8.56. The quantitative estimate of drug-likeness (QED) is 0.539. The minimum atomic E-state index is -0.694. The summed E-state index contributed by atoms with van der Waals surface area (Å²) in [5.41, 5.74) is 9.41. The summed E-state index contributed by atoms with van der Waals surface area (Å²) in [6.45, 7) is 3.12. The Morgan fingerprint density at radius 3 is 2.26 bits per heavy atom. The summed E-state index contributed by atoms with van der Waals surface area (Å²) < 4.78 is 21.5. The van der Waals surface area contributed by atoms with Crippen LogP contribution in [-0.4, -0.2) is 77.4 Å². The highest BCUT2D eigenvalue weighted by Crippen LogP contribution is 2.35. The number of nitrogens with two attached hydrogens (primary N) is 1. The number of ether oxygens (including phenoxy) is 4. The van der Waals surface area contributed by atoms with E-state index in [0.29, 0.717) is 24.6 Å². The highest BCUT2D eigenvalue weighted by Gasteiger charge is 2.29. The van der Waals surface area contributed by atoms with E-state index in [1.54, 1.807) is 28.4 Å². The smallest absolute Gasteiger partial charge is 0.244 e. The number of likely N-dealkylation sites (N-methyl/N-ethyl adjacent to an activating group) is 1. The molecule has 0 bridgehead atoms. The van der Waals surface area contributed by atoms with Crippen molar-refractivity contribution in [3.05, 3.63) is 47.0 Å². The van der Waals surface area contributed by atoms with Gasteiger partial charge in [0.25, 0.3) is 0 Å². The van der Waals surface area contributed by atoms with Crippen LogP contribution >= 0.6 is 0 Å². The van der Waals surface area contributed by atoms with Crippen LogP contribution < -0.4 is 24.7 Å². The number of nitrogens with zero attached hydrogens (tertiary/aromatic N) is 2. The Balaban J connectivity index is 1.52. The maximum atomic E-state index is 13.1. The van der Waals surface area contributed by atoms with Gasteiger partial charge in [-0.15, -0.1) is 0 Å². The molecule has 1 amide bonds. The van der Waals surface area contributed by atoms with Gasteiger partial charge >= 0.3 is 0 Å². The van der Waals surface area contributed by atoms with Crippen LogP contribution in [0.3, 0.4) is 0 Å². The van der Waals surface area contributed by atoms with Crippen LogP contribution in [0.2, 0.25) is 0 Å². The molecule has 8 heteroatoms. The first-order valence-corrected chi connectivity index (χ1v) is 11.6. The second kappa shape index (κ2) is 11.9. The van der Waals surface area contributed by atoms with E-state index in [-0.39, 0.29) is 5.91 Å². The second-order valence-electron chi connectivity index (χ2n) is 8.56. The molecule has 2 aromatic rings. The van der Waals surface area contributed by atoms with Crippen LogP contribution in [0.5, 0.6) is 23.0 Å². The fraction of sp³-hybridized carbons (Fsp3) is 0.500. The summed E-state index contributed by atoms with van der Waals surface area (Å²) in [7, 11) is 8.59. The van der Waals surface area contributed by atoms with Crippen LogP contribution in [0.25, 0.3) is 0 Å². The van der Waals surface area contributed by atoms with Gasteiger partial charge in [-0.2, -0.15) is 0 Å². The molecule has 1 heterocycles. The third-order valence-electron chi connectivity index (χ3n) is 6.41. The molecule has 0 radical (unpaired) electrons. The number of amides is 1. The van der Waals surface area contributed by atoms with Crippen molar-refractivity contribution in [1.29, 1.82) is 0 Å². The van der Waals surface area contributed by atoms with Gasteiger partial charge in [0.15, 0.2) is 23.0 Å². The molecule has 1 aliphatic rings. The number of fused-ring (bicyclic) bond motifs is 1. The van der Waals surface area contributed by atoms with Gasteiger partial charge in [0.1, 0.15) is 6.04 Å². The van der Waals surface area contributed by atoms with Gasteiger partial charge < -0.3 is 34.5 Å². The maximum absolute atomic E-state index is 13.1. The first-order valence-electron chi connectivity index (χ1n) is 11.6. The lowest BCUT2D eigenvalue weighted by Crippen LogP contribution is -2.39. The van der Waals surface area contributed by atoms with Crippen molar-refractivity contribution in [3.8, 4) is 23.0 Å². The summed E-state index contributed by atoms with van der Waals surface area (Å²) in [4.78, 5) is 17.2. The van der Waals surface area contributed by atoms with Gasteiger partial charge in [-0.05, 0) is 73.8 Å². The van der Waals surface area contributed by atoms with Crippen LogP contribution in [0.15, 0.2) is 30.3 Å². The van der Waals surface area contributed by atoms with Crippen molar-refractivity contribution < 1.29 is 23.7 Å². The van der Waals surface area contributed by atoms with Gasteiger partial charge in [-0.3, -0.25) is 4.79 Å². The topological polar surface area (TPSA) is 86.5 Å². The lowest BCUT2D eigenvalue weighted by molar-refractivity contribution is -0.132. The number of hydrogen-bond acceptors (Lipinski definition) is 7. The molecular formula is C26H37N3O5. The van der Waals surface area contributed by atoms with E-state index in [9.17, 15) is 4.79 Å². The molecule has 1 atom stereocenters. The van der Waals surface area contributed by atoms with Crippen LogP contribution in [0.1, 0.15) is 29.2 Å². The Hall–Kier alpha value is -2.97. The van der Waals surface area contributed by atoms with E-state index >= 15 is 0 Å². The Labute approximate surface area is 202 Å². The number of rotatable bonds is 11. The average Bonchev–Trinajstić information content (AvgIpc) is 2.98. The Kier molecular flexibility index (Phi) is 9.01. The first kappa shape index (κ1) is 25.6. The molecule has 1 aliphatic heterocycles. The molecule has 0 saturated heterocycles. The van der Waals surface area contributed by atoms with Crippen molar-refractivity contribution >= 4 is 5.91 Å². The zero-order valence-corrected chi connectivity index (χ0v) is 20.9. The molecule has 0 saturated carbocycles. The maximum Gasteiger partial charge on any atom is 0.244 e. The normalized spacial score (nSPS) is 15.7. The predicted octanol–water partition coefficient (Wildman–Crippen LogP) is 2.67. The molecule has 3 rings (SSSR count). The van der Waals surface area contributed by atoms with Gasteiger partial charge in [-0.25, -0.2) is 0 Å². The fourth-order valence-corrected chi connectivity index (χ4v) is 4.36. The van der Waals surface area contributed by atoms with Crippen molar-refractivity contribution in [2.45, 2.75) is 25.3 Å². The number of carbonyl (C=O) groups is 1.